The Kier molecular flexibility index (Phi) is 1.67. The van der Waals surface area contributed by atoms with Crippen molar-refractivity contribution in [3.05, 3.63) is 35.5 Å². The van der Waals surface area contributed by atoms with Gasteiger partial charge < -0.3 is 10.2 Å². The predicted molar refractivity (Wildman–Crippen MR) is 54.5 cm³/mol. The third kappa shape index (κ3) is 0.939. The molecule has 0 aliphatic heterocycles. The Morgan fingerprint density at radius 1 is 1.00 bits per heavy atom. The molecular weight excluding hydrogens is 208 g/mol. The minimum absolute atomic E-state index is 0.127. The van der Waals surface area contributed by atoms with Gasteiger partial charge in [0.15, 0.2) is 0 Å². The van der Waals surface area contributed by atoms with Gasteiger partial charge in [0.1, 0.15) is 0 Å². The average Bonchev–Trinajstić information content (AvgIpc) is 2.87. The van der Waals surface area contributed by atoms with Crippen LogP contribution in [0.1, 0.15) is 0 Å². The largest absolute Gasteiger partial charge is 0.481 e. The number of aliphatic carboxylic acids is 2. The van der Waals surface area contributed by atoms with E-state index in [0.717, 1.165) is 11.1 Å². The van der Waals surface area contributed by atoms with E-state index in [1.165, 1.54) is 0 Å². The van der Waals surface area contributed by atoms with Crippen LogP contribution in [0.5, 0.6) is 0 Å². The number of fused-ring (bicyclic) bond motifs is 4. The third-order valence-corrected chi connectivity index (χ3v) is 3.71. The van der Waals surface area contributed by atoms with Gasteiger partial charge >= 0.3 is 11.9 Å². The molecule has 4 nitrogen and oxygen atoms in total. The molecule has 4 heteroatoms. The summed E-state index contributed by atoms with van der Waals surface area (Å²) in [5, 5.41) is 18.2. The van der Waals surface area contributed by atoms with Gasteiger partial charge in [-0.1, -0.05) is 24.3 Å². The van der Waals surface area contributed by atoms with Crippen molar-refractivity contribution in [3.63, 3.8) is 0 Å². The van der Waals surface area contributed by atoms with E-state index < -0.39 is 23.8 Å². The maximum absolute atomic E-state index is 11.1. The van der Waals surface area contributed by atoms with E-state index in [1.807, 2.05) is 12.2 Å². The Morgan fingerprint density at radius 3 is 2.31 bits per heavy atom. The van der Waals surface area contributed by atoms with Gasteiger partial charge in [-0.2, -0.15) is 0 Å². The molecule has 2 bridgehead atoms. The number of carbonyl (C=O) groups is 2. The van der Waals surface area contributed by atoms with Crippen LogP contribution in [0.15, 0.2) is 35.5 Å². The molecule has 4 unspecified atom stereocenters. The van der Waals surface area contributed by atoms with Gasteiger partial charge in [0.05, 0.1) is 11.8 Å². The van der Waals surface area contributed by atoms with Gasteiger partial charge in [0, 0.05) is 11.8 Å². The molecule has 0 aromatic rings. The van der Waals surface area contributed by atoms with Crippen LogP contribution in [0.2, 0.25) is 0 Å². The molecular formula is C12H10O4. The lowest BCUT2D eigenvalue weighted by Crippen LogP contribution is -2.24. The van der Waals surface area contributed by atoms with Crippen LogP contribution in [0.4, 0.5) is 0 Å². The van der Waals surface area contributed by atoms with Gasteiger partial charge in [0.25, 0.3) is 0 Å². The molecule has 0 spiro atoms. The summed E-state index contributed by atoms with van der Waals surface area (Å²) in [6.07, 6.45) is 7.15. The fourth-order valence-electron chi connectivity index (χ4n) is 3.10. The highest BCUT2D eigenvalue weighted by molar-refractivity contribution is 5.83. The minimum Gasteiger partial charge on any atom is -0.481 e. The topological polar surface area (TPSA) is 74.6 Å². The number of carboxylic acids is 2. The first kappa shape index (κ1) is 9.39. The van der Waals surface area contributed by atoms with Gasteiger partial charge in [-0.15, -0.1) is 0 Å². The fraction of sp³-hybridized carbons (Fsp3) is 0.333. The summed E-state index contributed by atoms with van der Waals surface area (Å²) in [5.74, 6) is -3.21. The van der Waals surface area contributed by atoms with E-state index in [1.54, 1.807) is 12.2 Å². The molecule has 4 atom stereocenters. The summed E-state index contributed by atoms with van der Waals surface area (Å²) in [6.45, 7) is 0. The highest BCUT2D eigenvalue weighted by Gasteiger charge is 2.51. The zero-order chi connectivity index (χ0) is 11.4. The first-order valence-electron chi connectivity index (χ1n) is 5.17. The quantitative estimate of drug-likeness (QED) is 0.680. The Hall–Kier alpha value is -1.84. The smallest absolute Gasteiger partial charge is 0.314 e. The summed E-state index contributed by atoms with van der Waals surface area (Å²) in [7, 11) is 0. The molecule has 82 valence electrons. The number of hydrogen-bond donors (Lipinski definition) is 2. The Labute approximate surface area is 91.6 Å². The van der Waals surface area contributed by atoms with Gasteiger partial charge in [-0.3, -0.25) is 9.59 Å². The molecule has 0 saturated heterocycles. The molecule has 0 amide bonds. The number of allylic oxidation sites excluding steroid dienone is 4. The monoisotopic (exact) mass is 218 g/mol. The summed E-state index contributed by atoms with van der Waals surface area (Å²) in [5.41, 5.74) is 1.69. The van der Waals surface area contributed by atoms with Crippen LogP contribution in [0.25, 0.3) is 0 Å². The zero-order valence-corrected chi connectivity index (χ0v) is 8.33. The molecule has 0 heterocycles. The van der Waals surface area contributed by atoms with E-state index in [4.69, 9.17) is 10.2 Å². The van der Waals surface area contributed by atoms with Crippen LogP contribution in [0, 0.1) is 23.7 Å². The normalized spacial score (nSPS) is 38.2. The summed E-state index contributed by atoms with van der Waals surface area (Å²) >= 11 is 0. The standard InChI is InChI=1S/C12H10O4/c13-11(14)8-4-2-5-6-1-3-7(9(5)8)10(6)12(15)16/h1-4,6-8,10H,(H,13,14)(H,15,16). The second-order valence-electron chi connectivity index (χ2n) is 4.39. The van der Waals surface area contributed by atoms with Crippen LogP contribution >= 0.6 is 0 Å². The van der Waals surface area contributed by atoms with Gasteiger partial charge in [0.2, 0.25) is 0 Å². The minimum atomic E-state index is -0.897. The fourth-order valence-corrected chi connectivity index (χ4v) is 3.10. The van der Waals surface area contributed by atoms with Crippen molar-refractivity contribution in [1.82, 2.24) is 0 Å². The molecule has 16 heavy (non-hydrogen) atoms. The van der Waals surface area contributed by atoms with Crippen molar-refractivity contribution >= 4 is 11.9 Å². The lowest BCUT2D eigenvalue weighted by molar-refractivity contribution is -0.143. The molecule has 0 radical (unpaired) electrons. The molecule has 0 aromatic carbocycles. The second kappa shape index (κ2) is 2.84. The lowest BCUT2D eigenvalue weighted by Gasteiger charge is -2.16. The SMILES string of the molecule is O=C(O)C1C=CC2=C1C1C=CC2C1C(=O)O. The lowest BCUT2D eigenvalue weighted by atomic mass is 9.87. The molecule has 3 aliphatic rings. The first-order chi connectivity index (χ1) is 7.61. The zero-order valence-electron chi connectivity index (χ0n) is 8.33. The van der Waals surface area contributed by atoms with Crippen molar-refractivity contribution in [1.29, 1.82) is 0 Å². The van der Waals surface area contributed by atoms with Crippen LogP contribution in [-0.4, -0.2) is 22.2 Å². The molecule has 2 N–H and O–H groups in total. The first-order valence-corrected chi connectivity index (χ1v) is 5.17. The Balaban J connectivity index is 2.02. The highest BCUT2D eigenvalue weighted by atomic mass is 16.4. The summed E-state index contributed by atoms with van der Waals surface area (Å²) in [6, 6.07) is 0. The Morgan fingerprint density at radius 2 is 1.69 bits per heavy atom. The molecule has 0 fully saturated rings. The van der Waals surface area contributed by atoms with E-state index in [-0.39, 0.29) is 11.8 Å². The van der Waals surface area contributed by atoms with Crippen LogP contribution in [0.3, 0.4) is 0 Å². The van der Waals surface area contributed by atoms with Crippen LogP contribution < -0.4 is 0 Å². The maximum Gasteiger partial charge on any atom is 0.314 e. The van der Waals surface area contributed by atoms with E-state index >= 15 is 0 Å². The third-order valence-electron chi connectivity index (χ3n) is 3.71. The number of carboxylic acid groups (broad SMARTS) is 2. The van der Waals surface area contributed by atoms with E-state index in [9.17, 15) is 9.59 Å². The molecule has 3 rings (SSSR count). The molecule has 0 saturated carbocycles. The van der Waals surface area contributed by atoms with E-state index in [2.05, 4.69) is 0 Å². The van der Waals surface area contributed by atoms with Crippen molar-refractivity contribution in [2.24, 2.45) is 23.7 Å². The van der Waals surface area contributed by atoms with Crippen molar-refractivity contribution in [3.8, 4) is 0 Å². The summed E-state index contributed by atoms with van der Waals surface area (Å²) < 4.78 is 0. The summed E-state index contributed by atoms with van der Waals surface area (Å²) in [4.78, 5) is 22.2. The van der Waals surface area contributed by atoms with Gasteiger partial charge in [-0.25, -0.2) is 0 Å². The highest BCUT2D eigenvalue weighted by Crippen LogP contribution is 2.54. The average molecular weight is 218 g/mol. The van der Waals surface area contributed by atoms with Crippen molar-refractivity contribution in [2.75, 3.05) is 0 Å². The van der Waals surface area contributed by atoms with Gasteiger partial charge in [-0.05, 0) is 11.1 Å². The van der Waals surface area contributed by atoms with Crippen LogP contribution in [-0.2, 0) is 9.59 Å². The molecule has 3 aliphatic carbocycles. The predicted octanol–water partition coefficient (Wildman–Crippen LogP) is 1.07. The second-order valence-corrected chi connectivity index (χ2v) is 4.39. The number of rotatable bonds is 2. The maximum atomic E-state index is 11.1. The van der Waals surface area contributed by atoms with Crippen molar-refractivity contribution in [2.45, 2.75) is 0 Å². The number of hydrogen-bond acceptors (Lipinski definition) is 2. The van der Waals surface area contributed by atoms with Crippen molar-refractivity contribution < 1.29 is 19.8 Å². The van der Waals surface area contributed by atoms with E-state index in [0.29, 0.717) is 0 Å². The Bertz CT molecular complexity index is 483. The molecule has 0 aromatic heterocycles.